The molecule has 1 aromatic rings. The fourth-order valence-electron chi connectivity index (χ4n) is 2.11. The Hall–Kier alpha value is -2.70. The van der Waals surface area contributed by atoms with Gasteiger partial charge in [-0.1, -0.05) is 62.9 Å². The number of amides is 3. The quantitative estimate of drug-likeness (QED) is 0.403. The van der Waals surface area contributed by atoms with Crippen LogP contribution in [0.5, 0.6) is 0 Å². The Morgan fingerprint density at radius 1 is 0.926 bits per heavy atom. The van der Waals surface area contributed by atoms with E-state index in [1.807, 2.05) is 30.3 Å². The normalized spacial score (nSPS) is 9.56. The van der Waals surface area contributed by atoms with E-state index >= 15 is 0 Å². The summed E-state index contributed by atoms with van der Waals surface area (Å²) in [7, 11) is 0. The number of ketones is 1. The summed E-state index contributed by atoms with van der Waals surface area (Å²) in [4.78, 5) is 44.1. The van der Waals surface area contributed by atoms with Gasteiger partial charge in [-0.05, 0) is 12.0 Å². The minimum absolute atomic E-state index is 0.175. The second-order valence-corrected chi connectivity index (χ2v) is 6.14. The van der Waals surface area contributed by atoms with Crippen LogP contribution >= 0.6 is 0 Å². The van der Waals surface area contributed by atoms with Gasteiger partial charge in [0.25, 0.3) is 5.91 Å². The third-order valence-electron chi connectivity index (χ3n) is 3.50. The zero-order chi connectivity index (χ0) is 20.5. The van der Waals surface area contributed by atoms with Crippen LogP contribution < -0.4 is 16.4 Å². The van der Waals surface area contributed by atoms with Crippen molar-refractivity contribution in [2.45, 2.75) is 58.9 Å². The minimum atomic E-state index is -0.669. The molecule has 0 aliphatic heterocycles. The number of nitrogens with one attached hydrogen (secondary N) is 2. The van der Waals surface area contributed by atoms with Crippen LogP contribution in [0.4, 0.5) is 0 Å². The van der Waals surface area contributed by atoms with Crippen LogP contribution in [-0.4, -0.2) is 30.0 Å². The third kappa shape index (κ3) is 15.3. The lowest BCUT2D eigenvalue weighted by molar-refractivity contribution is -0.138. The van der Waals surface area contributed by atoms with Gasteiger partial charge in [0, 0.05) is 19.9 Å². The van der Waals surface area contributed by atoms with E-state index in [1.165, 1.54) is 19.8 Å². The van der Waals surface area contributed by atoms with E-state index in [9.17, 15) is 19.2 Å². The molecule has 4 N–H and O–H groups in total. The molecule has 0 unspecified atom stereocenters. The lowest BCUT2D eigenvalue weighted by Gasteiger charge is -2.06. The molecular weight excluding hydrogens is 346 g/mol. The molecule has 0 aliphatic rings. The van der Waals surface area contributed by atoms with Crippen LogP contribution in [0.2, 0.25) is 0 Å². The lowest BCUT2D eigenvalue weighted by atomic mass is 10.1. The van der Waals surface area contributed by atoms with Crippen LogP contribution in [0.3, 0.4) is 0 Å². The Morgan fingerprint density at radius 3 is 2.11 bits per heavy atom. The van der Waals surface area contributed by atoms with E-state index in [0.717, 1.165) is 24.8 Å². The van der Waals surface area contributed by atoms with Gasteiger partial charge < -0.3 is 16.4 Å². The maximum atomic E-state index is 11.7. The molecule has 3 amide bonds. The number of rotatable bonds is 11. The van der Waals surface area contributed by atoms with Gasteiger partial charge in [0.15, 0.2) is 0 Å². The second-order valence-electron chi connectivity index (χ2n) is 6.14. The summed E-state index contributed by atoms with van der Waals surface area (Å²) in [6, 6.07) is 9.35. The highest BCUT2D eigenvalue weighted by molar-refractivity contribution is 6.37. The van der Waals surface area contributed by atoms with Crippen LogP contribution in [-0.2, 0) is 25.7 Å². The summed E-state index contributed by atoms with van der Waals surface area (Å²) in [5, 5.41) is 5.05. The van der Waals surface area contributed by atoms with Gasteiger partial charge >= 0.3 is 0 Å². The number of primary amides is 1. The number of Topliss-reactive ketones (excluding diaryl/α,β-unsaturated/α-hetero) is 1. The van der Waals surface area contributed by atoms with E-state index < -0.39 is 11.7 Å². The Kier molecular flexibility index (Phi) is 14.0. The molecule has 0 spiro atoms. The van der Waals surface area contributed by atoms with E-state index in [2.05, 4.69) is 23.3 Å². The van der Waals surface area contributed by atoms with Crippen molar-refractivity contribution in [1.82, 2.24) is 10.6 Å². The molecule has 0 atom stereocenters. The molecule has 150 valence electrons. The van der Waals surface area contributed by atoms with Gasteiger partial charge in [-0.3, -0.25) is 19.2 Å². The first-order valence-electron chi connectivity index (χ1n) is 9.24. The van der Waals surface area contributed by atoms with Crippen LogP contribution in [0.1, 0.15) is 57.9 Å². The average molecular weight is 377 g/mol. The molecule has 0 radical (unpaired) electrons. The highest BCUT2D eigenvalue weighted by Crippen LogP contribution is 2.04. The Morgan fingerprint density at radius 2 is 1.52 bits per heavy atom. The molecule has 0 aromatic heterocycles. The minimum Gasteiger partial charge on any atom is -0.370 e. The summed E-state index contributed by atoms with van der Waals surface area (Å²) in [6.45, 7) is 3.51. The van der Waals surface area contributed by atoms with E-state index in [0.29, 0.717) is 13.0 Å². The van der Waals surface area contributed by atoms with Crippen molar-refractivity contribution < 1.29 is 19.2 Å². The molecule has 27 heavy (non-hydrogen) atoms. The topological polar surface area (TPSA) is 118 Å². The van der Waals surface area contributed by atoms with Crippen molar-refractivity contribution in [2.24, 2.45) is 5.73 Å². The van der Waals surface area contributed by atoms with Crippen molar-refractivity contribution in [3.63, 3.8) is 0 Å². The first-order chi connectivity index (χ1) is 12.9. The van der Waals surface area contributed by atoms with E-state index in [-0.39, 0.29) is 18.4 Å². The smallest absolute Gasteiger partial charge is 0.289 e. The van der Waals surface area contributed by atoms with E-state index in [4.69, 9.17) is 0 Å². The van der Waals surface area contributed by atoms with Crippen molar-refractivity contribution in [1.29, 1.82) is 0 Å². The molecule has 7 nitrogen and oxygen atoms in total. The molecule has 7 heteroatoms. The molecule has 0 aliphatic carbocycles. The van der Waals surface area contributed by atoms with Crippen molar-refractivity contribution >= 4 is 23.5 Å². The van der Waals surface area contributed by atoms with Gasteiger partial charge in [0.1, 0.15) is 0 Å². The maximum absolute atomic E-state index is 11.7. The molecule has 1 rings (SSSR count). The van der Waals surface area contributed by atoms with Gasteiger partial charge in [-0.25, -0.2) is 0 Å². The number of hydrogen-bond donors (Lipinski definition) is 3. The van der Waals surface area contributed by atoms with Crippen molar-refractivity contribution in [3.8, 4) is 0 Å². The highest BCUT2D eigenvalue weighted by atomic mass is 16.2. The number of benzene rings is 1. The monoisotopic (exact) mass is 377 g/mol. The highest BCUT2D eigenvalue weighted by Gasteiger charge is 2.14. The van der Waals surface area contributed by atoms with Gasteiger partial charge in [-0.15, -0.1) is 0 Å². The largest absolute Gasteiger partial charge is 0.370 e. The molecule has 1 aromatic carbocycles. The molecule has 0 saturated heterocycles. The number of hydrogen-bond acceptors (Lipinski definition) is 4. The van der Waals surface area contributed by atoms with E-state index in [1.54, 1.807) is 0 Å². The summed E-state index contributed by atoms with van der Waals surface area (Å²) >= 11 is 0. The van der Waals surface area contributed by atoms with Gasteiger partial charge in [0.05, 0.1) is 6.54 Å². The number of nitrogens with two attached hydrogens (primary N) is 1. The van der Waals surface area contributed by atoms with Crippen LogP contribution in [0.15, 0.2) is 30.3 Å². The third-order valence-corrected chi connectivity index (χ3v) is 3.50. The summed E-state index contributed by atoms with van der Waals surface area (Å²) in [5.74, 6) is -1.80. The van der Waals surface area contributed by atoms with Crippen LogP contribution in [0, 0.1) is 0 Å². The summed E-state index contributed by atoms with van der Waals surface area (Å²) in [5.41, 5.74) is 5.39. The van der Waals surface area contributed by atoms with Crippen molar-refractivity contribution in [3.05, 3.63) is 35.9 Å². The Balaban J connectivity index is 0.00000153. The zero-order valence-corrected chi connectivity index (χ0v) is 16.3. The van der Waals surface area contributed by atoms with Crippen LogP contribution in [0.25, 0.3) is 0 Å². The van der Waals surface area contributed by atoms with Gasteiger partial charge in [-0.2, -0.15) is 0 Å². The summed E-state index contributed by atoms with van der Waals surface area (Å²) < 4.78 is 0. The SMILES string of the molecule is CC(N)=O.CCCCCCCC(=O)NCC(=O)C(=O)NCc1ccccc1. The average Bonchev–Trinajstić information content (AvgIpc) is 2.64. The molecule has 0 bridgehead atoms. The number of carbonyl (C=O) groups is 4. The zero-order valence-electron chi connectivity index (χ0n) is 16.3. The number of carbonyl (C=O) groups excluding carboxylic acids is 4. The fourth-order valence-corrected chi connectivity index (χ4v) is 2.11. The summed E-state index contributed by atoms with van der Waals surface area (Å²) in [6.07, 6.45) is 5.72. The first-order valence-corrected chi connectivity index (χ1v) is 9.24. The Labute approximate surface area is 161 Å². The molecule has 0 fully saturated rings. The standard InChI is InChI=1S/C18H26N2O3.C2H5NO/c1-2-3-4-5-9-12-17(22)19-14-16(21)18(23)20-13-15-10-7-6-8-11-15;1-2(3)4/h6-8,10-11H,2-5,9,12-14H2,1H3,(H,19,22)(H,20,23);1H3,(H2,3,4). The predicted molar refractivity (Wildman–Crippen MR) is 105 cm³/mol. The predicted octanol–water partition coefficient (Wildman–Crippen LogP) is 1.84. The number of unbranched alkanes of at least 4 members (excludes halogenated alkanes) is 4. The first kappa shape index (κ1) is 24.3. The van der Waals surface area contributed by atoms with Gasteiger partial charge in [0.2, 0.25) is 17.6 Å². The maximum Gasteiger partial charge on any atom is 0.289 e. The van der Waals surface area contributed by atoms with Crippen molar-refractivity contribution in [2.75, 3.05) is 6.54 Å². The molecule has 0 saturated carbocycles. The lowest BCUT2D eigenvalue weighted by Crippen LogP contribution is -2.38. The second kappa shape index (κ2) is 15.5. The fraction of sp³-hybridized carbons (Fsp3) is 0.500. The molecule has 0 heterocycles. The molecular formula is C20H31N3O4. The Bertz CT molecular complexity index is 584.